The predicted octanol–water partition coefficient (Wildman–Crippen LogP) is 2.76. The van der Waals surface area contributed by atoms with Crippen molar-refractivity contribution in [2.24, 2.45) is 5.41 Å². The van der Waals surface area contributed by atoms with Gasteiger partial charge in [0, 0.05) is 12.0 Å². The minimum atomic E-state index is -0.498. The molecule has 0 aromatic carbocycles. The second kappa shape index (κ2) is 4.56. The van der Waals surface area contributed by atoms with Gasteiger partial charge in [0.15, 0.2) is 5.78 Å². The minimum Gasteiger partial charge on any atom is -0.444 e. The number of amides is 1. The maximum atomic E-state index is 12.2. The fourth-order valence-corrected chi connectivity index (χ4v) is 2.97. The van der Waals surface area contributed by atoms with Gasteiger partial charge in [0.1, 0.15) is 5.60 Å². The van der Waals surface area contributed by atoms with Crippen LogP contribution in [0.25, 0.3) is 0 Å². The molecule has 0 unspecified atom stereocenters. The molecule has 4 nitrogen and oxygen atoms in total. The molecule has 2 rings (SSSR count). The SMILES string of the molecule is CC(C)(C)OC(=O)N1CC(=O)C2(CCCCC2)C1. The fourth-order valence-electron chi connectivity index (χ4n) is 2.97. The van der Waals surface area contributed by atoms with Crippen LogP contribution in [-0.4, -0.2) is 35.5 Å². The smallest absolute Gasteiger partial charge is 0.410 e. The third-order valence-corrected chi connectivity index (χ3v) is 3.88. The summed E-state index contributed by atoms with van der Waals surface area (Å²) in [6, 6.07) is 0. The standard InChI is InChI=1S/C14H23NO3/c1-13(2,3)18-12(17)15-9-11(16)14(10-15)7-5-4-6-8-14/h4-10H2,1-3H3. The molecule has 0 bridgehead atoms. The van der Waals surface area contributed by atoms with Gasteiger partial charge in [-0.3, -0.25) is 9.69 Å². The van der Waals surface area contributed by atoms with E-state index in [1.165, 1.54) is 6.42 Å². The highest BCUT2D eigenvalue weighted by Gasteiger charge is 2.48. The summed E-state index contributed by atoms with van der Waals surface area (Å²) in [5.74, 6) is 0.230. The van der Waals surface area contributed by atoms with Crippen molar-refractivity contribution in [1.82, 2.24) is 4.90 Å². The summed E-state index contributed by atoms with van der Waals surface area (Å²) in [6.07, 6.45) is 4.94. The van der Waals surface area contributed by atoms with Crippen LogP contribution in [0.4, 0.5) is 4.79 Å². The van der Waals surface area contributed by atoms with Crippen molar-refractivity contribution in [3.05, 3.63) is 0 Å². The summed E-state index contributed by atoms with van der Waals surface area (Å²) in [5.41, 5.74) is -0.752. The summed E-state index contributed by atoms with van der Waals surface area (Å²) >= 11 is 0. The normalized spacial score (nSPS) is 23.5. The van der Waals surface area contributed by atoms with E-state index in [0.29, 0.717) is 6.54 Å². The van der Waals surface area contributed by atoms with E-state index in [0.717, 1.165) is 25.7 Å². The molecule has 1 aliphatic heterocycles. The van der Waals surface area contributed by atoms with Crippen LogP contribution in [0.5, 0.6) is 0 Å². The van der Waals surface area contributed by atoms with Gasteiger partial charge in [-0.15, -0.1) is 0 Å². The number of ether oxygens (including phenoxy) is 1. The highest BCUT2D eigenvalue weighted by Crippen LogP contribution is 2.41. The first kappa shape index (κ1) is 13.4. The zero-order valence-corrected chi connectivity index (χ0v) is 11.6. The lowest BCUT2D eigenvalue weighted by Gasteiger charge is -2.31. The monoisotopic (exact) mass is 253 g/mol. The molecule has 0 N–H and O–H groups in total. The number of carbonyl (C=O) groups is 2. The maximum absolute atomic E-state index is 12.2. The average Bonchev–Trinajstić information content (AvgIpc) is 2.56. The number of likely N-dealkylation sites (tertiary alicyclic amines) is 1. The summed E-state index contributed by atoms with van der Waals surface area (Å²) in [5, 5.41) is 0. The topological polar surface area (TPSA) is 46.6 Å². The number of Topliss-reactive ketones (excluding diaryl/α,β-unsaturated/α-hetero) is 1. The van der Waals surface area contributed by atoms with Crippen LogP contribution in [-0.2, 0) is 9.53 Å². The van der Waals surface area contributed by atoms with Crippen molar-refractivity contribution < 1.29 is 14.3 Å². The molecule has 4 heteroatoms. The number of ketones is 1. The van der Waals surface area contributed by atoms with Crippen molar-refractivity contribution in [1.29, 1.82) is 0 Å². The van der Waals surface area contributed by atoms with E-state index in [4.69, 9.17) is 4.74 Å². The van der Waals surface area contributed by atoms with Crippen LogP contribution in [0.2, 0.25) is 0 Å². The van der Waals surface area contributed by atoms with E-state index >= 15 is 0 Å². The van der Waals surface area contributed by atoms with E-state index in [1.807, 2.05) is 20.8 Å². The zero-order chi connectivity index (χ0) is 13.4. The quantitative estimate of drug-likeness (QED) is 0.667. The Morgan fingerprint density at radius 3 is 2.39 bits per heavy atom. The summed E-state index contributed by atoms with van der Waals surface area (Å²) < 4.78 is 5.34. The molecule has 0 aromatic rings. The maximum Gasteiger partial charge on any atom is 0.410 e. The lowest BCUT2D eigenvalue weighted by molar-refractivity contribution is -0.125. The Morgan fingerprint density at radius 2 is 1.83 bits per heavy atom. The number of carbonyl (C=O) groups excluding carboxylic acids is 2. The van der Waals surface area contributed by atoms with Gasteiger partial charge >= 0.3 is 6.09 Å². The van der Waals surface area contributed by atoms with Gasteiger partial charge in [-0.05, 0) is 33.6 Å². The lowest BCUT2D eigenvalue weighted by atomic mass is 9.73. The number of hydrogen-bond donors (Lipinski definition) is 0. The number of rotatable bonds is 0. The molecule has 0 radical (unpaired) electrons. The molecule has 1 aliphatic carbocycles. The minimum absolute atomic E-state index is 0.230. The number of nitrogens with zero attached hydrogens (tertiary/aromatic N) is 1. The summed E-state index contributed by atoms with van der Waals surface area (Å²) in [4.78, 5) is 25.7. The van der Waals surface area contributed by atoms with E-state index in [-0.39, 0.29) is 23.8 Å². The van der Waals surface area contributed by atoms with Gasteiger partial charge in [-0.2, -0.15) is 0 Å². The first-order valence-corrected chi connectivity index (χ1v) is 6.84. The Kier molecular flexibility index (Phi) is 3.39. The van der Waals surface area contributed by atoms with Crippen molar-refractivity contribution in [3.63, 3.8) is 0 Å². The summed E-state index contributed by atoms with van der Waals surface area (Å²) in [7, 11) is 0. The molecule has 1 saturated heterocycles. The molecule has 0 aromatic heterocycles. The third-order valence-electron chi connectivity index (χ3n) is 3.88. The predicted molar refractivity (Wildman–Crippen MR) is 68.3 cm³/mol. The average molecular weight is 253 g/mol. The van der Waals surface area contributed by atoms with E-state index < -0.39 is 5.60 Å². The van der Waals surface area contributed by atoms with Crippen LogP contribution in [0.15, 0.2) is 0 Å². The Labute approximate surface area is 109 Å². The van der Waals surface area contributed by atoms with Gasteiger partial charge in [0.05, 0.1) is 6.54 Å². The van der Waals surface area contributed by atoms with E-state index in [1.54, 1.807) is 4.90 Å². The van der Waals surface area contributed by atoms with Gasteiger partial charge in [0.25, 0.3) is 0 Å². The second-order valence-electron chi connectivity index (χ2n) is 6.60. The van der Waals surface area contributed by atoms with Crippen molar-refractivity contribution in [2.75, 3.05) is 13.1 Å². The Morgan fingerprint density at radius 1 is 1.22 bits per heavy atom. The third kappa shape index (κ3) is 2.68. The molecule has 1 saturated carbocycles. The Balaban J connectivity index is 2.02. The first-order chi connectivity index (χ1) is 8.32. The van der Waals surface area contributed by atoms with Crippen molar-refractivity contribution in [3.8, 4) is 0 Å². The molecular weight excluding hydrogens is 230 g/mol. The van der Waals surface area contributed by atoms with Gasteiger partial charge < -0.3 is 4.74 Å². The van der Waals surface area contributed by atoms with Crippen LogP contribution < -0.4 is 0 Å². The molecule has 18 heavy (non-hydrogen) atoms. The lowest BCUT2D eigenvalue weighted by Crippen LogP contribution is -2.37. The molecule has 1 heterocycles. The molecule has 2 aliphatic rings. The molecular formula is C14H23NO3. The molecule has 102 valence electrons. The van der Waals surface area contributed by atoms with Crippen LogP contribution in [0.3, 0.4) is 0 Å². The van der Waals surface area contributed by atoms with Gasteiger partial charge in [0.2, 0.25) is 0 Å². The van der Waals surface area contributed by atoms with E-state index in [9.17, 15) is 9.59 Å². The number of hydrogen-bond acceptors (Lipinski definition) is 3. The van der Waals surface area contributed by atoms with Gasteiger partial charge in [-0.25, -0.2) is 4.79 Å². The largest absolute Gasteiger partial charge is 0.444 e. The van der Waals surface area contributed by atoms with Crippen molar-refractivity contribution >= 4 is 11.9 Å². The van der Waals surface area contributed by atoms with Crippen LogP contribution >= 0.6 is 0 Å². The Bertz CT molecular complexity index is 351. The highest BCUT2D eigenvalue weighted by atomic mass is 16.6. The summed E-state index contributed by atoms with van der Waals surface area (Å²) in [6.45, 7) is 6.33. The zero-order valence-electron chi connectivity index (χ0n) is 11.6. The molecule has 1 amide bonds. The highest BCUT2D eigenvalue weighted by molar-refractivity contribution is 5.92. The van der Waals surface area contributed by atoms with Crippen molar-refractivity contribution in [2.45, 2.75) is 58.5 Å². The Hall–Kier alpha value is -1.06. The molecule has 2 fully saturated rings. The molecule has 1 spiro atoms. The van der Waals surface area contributed by atoms with Crippen LogP contribution in [0, 0.1) is 5.41 Å². The van der Waals surface area contributed by atoms with E-state index in [2.05, 4.69) is 0 Å². The molecule has 0 atom stereocenters. The fraction of sp³-hybridized carbons (Fsp3) is 0.857. The van der Waals surface area contributed by atoms with Gasteiger partial charge in [-0.1, -0.05) is 19.3 Å². The first-order valence-electron chi connectivity index (χ1n) is 6.84. The van der Waals surface area contributed by atoms with Crippen LogP contribution in [0.1, 0.15) is 52.9 Å². The second-order valence-corrected chi connectivity index (χ2v) is 6.60.